The number of benzene rings is 2. The molecule has 128 valence electrons. The van der Waals surface area contributed by atoms with Gasteiger partial charge in [0.05, 0.1) is 6.04 Å². The number of ether oxygens (including phenoxy) is 2. The van der Waals surface area contributed by atoms with Crippen molar-refractivity contribution in [3.8, 4) is 11.5 Å². The van der Waals surface area contributed by atoms with Crippen LogP contribution in [0.2, 0.25) is 5.02 Å². The van der Waals surface area contributed by atoms with Crippen molar-refractivity contribution in [3.63, 3.8) is 0 Å². The predicted molar refractivity (Wildman–Crippen MR) is 96.0 cm³/mol. The van der Waals surface area contributed by atoms with E-state index in [1.165, 1.54) is 0 Å². The Kier molecular flexibility index (Phi) is 6.50. The molecule has 0 unspecified atom stereocenters. The quantitative estimate of drug-likeness (QED) is 0.825. The summed E-state index contributed by atoms with van der Waals surface area (Å²) >= 11 is 5.96. The van der Waals surface area contributed by atoms with Gasteiger partial charge in [-0.2, -0.15) is 0 Å². The molecule has 24 heavy (non-hydrogen) atoms. The Morgan fingerprint density at radius 1 is 1.12 bits per heavy atom. The first-order valence-corrected chi connectivity index (χ1v) is 8.20. The van der Waals surface area contributed by atoms with E-state index in [0.29, 0.717) is 17.4 Å². The standard InChI is InChI=1S/C19H22ClNO3/c1-13-6-4-5-7-18(13)24-11-15(3)21-19(22)12-23-16-8-9-17(20)14(2)10-16/h4-10,15H,11-12H2,1-3H3,(H,21,22)/t15-/m1/s1. The second-order valence-electron chi connectivity index (χ2n) is 5.74. The van der Waals surface area contributed by atoms with Crippen molar-refractivity contribution >= 4 is 17.5 Å². The Morgan fingerprint density at radius 3 is 2.58 bits per heavy atom. The highest BCUT2D eigenvalue weighted by Gasteiger charge is 2.10. The van der Waals surface area contributed by atoms with Gasteiger partial charge in [0, 0.05) is 5.02 Å². The van der Waals surface area contributed by atoms with Crippen molar-refractivity contribution in [2.45, 2.75) is 26.8 Å². The van der Waals surface area contributed by atoms with Crippen molar-refractivity contribution in [3.05, 3.63) is 58.6 Å². The molecule has 1 atom stereocenters. The van der Waals surface area contributed by atoms with Gasteiger partial charge < -0.3 is 14.8 Å². The third-order valence-electron chi connectivity index (χ3n) is 3.49. The molecule has 0 aliphatic rings. The van der Waals surface area contributed by atoms with E-state index in [2.05, 4.69) is 5.32 Å². The van der Waals surface area contributed by atoms with E-state index < -0.39 is 0 Å². The fourth-order valence-electron chi connectivity index (χ4n) is 2.15. The first-order chi connectivity index (χ1) is 11.5. The van der Waals surface area contributed by atoms with Crippen LogP contribution in [0, 0.1) is 13.8 Å². The molecule has 5 heteroatoms. The van der Waals surface area contributed by atoms with Gasteiger partial charge in [0.15, 0.2) is 6.61 Å². The maximum atomic E-state index is 11.9. The SMILES string of the molecule is Cc1cc(OCC(=O)N[C@H](C)COc2ccccc2C)ccc1Cl. The number of hydrogen-bond donors (Lipinski definition) is 1. The maximum Gasteiger partial charge on any atom is 0.258 e. The van der Waals surface area contributed by atoms with E-state index in [-0.39, 0.29) is 18.6 Å². The number of aryl methyl sites for hydroxylation is 2. The fraction of sp³-hybridized carbons (Fsp3) is 0.316. The Labute approximate surface area is 147 Å². The Hall–Kier alpha value is -2.20. The monoisotopic (exact) mass is 347 g/mol. The Balaban J connectivity index is 1.75. The number of amides is 1. The normalized spacial score (nSPS) is 11.7. The second kappa shape index (κ2) is 8.60. The summed E-state index contributed by atoms with van der Waals surface area (Å²) in [6, 6.07) is 13.0. The smallest absolute Gasteiger partial charge is 0.258 e. The molecule has 0 heterocycles. The molecule has 0 spiro atoms. The molecule has 0 saturated carbocycles. The van der Waals surface area contributed by atoms with Crippen LogP contribution in [0.5, 0.6) is 11.5 Å². The highest BCUT2D eigenvalue weighted by atomic mass is 35.5. The summed E-state index contributed by atoms with van der Waals surface area (Å²) in [6.45, 7) is 6.12. The summed E-state index contributed by atoms with van der Waals surface area (Å²) in [4.78, 5) is 11.9. The number of carbonyl (C=O) groups is 1. The van der Waals surface area contributed by atoms with Gasteiger partial charge in [-0.05, 0) is 56.2 Å². The third-order valence-corrected chi connectivity index (χ3v) is 3.91. The highest BCUT2D eigenvalue weighted by molar-refractivity contribution is 6.31. The lowest BCUT2D eigenvalue weighted by Gasteiger charge is -2.16. The molecule has 0 bridgehead atoms. The molecular formula is C19H22ClNO3. The lowest BCUT2D eigenvalue weighted by molar-refractivity contribution is -0.123. The second-order valence-corrected chi connectivity index (χ2v) is 6.15. The molecule has 2 aromatic carbocycles. The lowest BCUT2D eigenvalue weighted by atomic mass is 10.2. The molecular weight excluding hydrogens is 326 g/mol. The molecule has 2 aromatic rings. The lowest BCUT2D eigenvalue weighted by Crippen LogP contribution is -2.39. The minimum atomic E-state index is -0.191. The van der Waals surface area contributed by atoms with E-state index in [9.17, 15) is 4.79 Å². The summed E-state index contributed by atoms with van der Waals surface area (Å²) in [6.07, 6.45) is 0. The first-order valence-electron chi connectivity index (χ1n) is 7.82. The molecule has 1 N–H and O–H groups in total. The van der Waals surface area contributed by atoms with Crippen LogP contribution in [-0.4, -0.2) is 25.2 Å². The number of para-hydroxylation sites is 1. The fourth-order valence-corrected chi connectivity index (χ4v) is 2.26. The predicted octanol–water partition coefficient (Wildman–Crippen LogP) is 3.92. The first kappa shape index (κ1) is 18.1. The maximum absolute atomic E-state index is 11.9. The summed E-state index contributed by atoms with van der Waals surface area (Å²) < 4.78 is 11.2. The average molecular weight is 348 g/mol. The van der Waals surface area contributed by atoms with Gasteiger partial charge in [-0.15, -0.1) is 0 Å². The molecule has 0 aliphatic heterocycles. The largest absolute Gasteiger partial charge is 0.491 e. The van der Waals surface area contributed by atoms with Crippen LogP contribution in [0.1, 0.15) is 18.1 Å². The van der Waals surface area contributed by atoms with Gasteiger partial charge in [-0.1, -0.05) is 29.8 Å². The summed E-state index contributed by atoms with van der Waals surface area (Å²) in [5.74, 6) is 1.26. The molecule has 1 amide bonds. The van der Waals surface area contributed by atoms with E-state index >= 15 is 0 Å². The Morgan fingerprint density at radius 2 is 1.88 bits per heavy atom. The zero-order chi connectivity index (χ0) is 17.5. The van der Waals surface area contributed by atoms with Gasteiger partial charge in [-0.3, -0.25) is 4.79 Å². The summed E-state index contributed by atoms with van der Waals surface area (Å²) in [5.41, 5.74) is 1.98. The Bertz CT molecular complexity index is 703. The van der Waals surface area contributed by atoms with Crippen LogP contribution in [0.15, 0.2) is 42.5 Å². The van der Waals surface area contributed by atoms with E-state index in [0.717, 1.165) is 16.9 Å². The summed E-state index contributed by atoms with van der Waals surface area (Å²) in [5, 5.41) is 3.53. The van der Waals surface area contributed by atoms with Crippen LogP contribution in [0.3, 0.4) is 0 Å². The molecule has 0 saturated heterocycles. The van der Waals surface area contributed by atoms with E-state index in [4.69, 9.17) is 21.1 Å². The molecule has 0 aromatic heterocycles. The number of nitrogens with one attached hydrogen (secondary N) is 1. The summed E-state index contributed by atoms with van der Waals surface area (Å²) in [7, 11) is 0. The van der Waals surface area contributed by atoms with Crippen molar-refractivity contribution in [2.24, 2.45) is 0 Å². The number of carbonyl (C=O) groups excluding carboxylic acids is 1. The zero-order valence-electron chi connectivity index (χ0n) is 14.1. The van der Waals surface area contributed by atoms with Crippen LogP contribution >= 0.6 is 11.6 Å². The van der Waals surface area contributed by atoms with E-state index in [1.54, 1.807) is 18.2 Å². The van der Waals surface area contributed by atoms with Crippen LogP contribution < -0.4 is 14.8 Å². The van der Waals surface area contributed by atoms with Gasteiger partial charge in [0.25, 0.3) is 5.91 Å². The molecule has 0 aliphatic carbocycles. The number of halogens is 1. The minimum Gasteiger partial charge on any atom is -0.491 e. The highest BCUT2D eigenvalue weighted by Crippen LogP contribution is 2.21. The third kappa shape index (κ3) is 5.46. The van der Waals surface area contributed by atoms with Crippen molar-refractivity contribution in [1.82, 2.24) is 5.32 Å². The van der Waals surface area contributed by atoms with Gasteiger partial charge in [0.1, 0.15) is 18.1 Å². The minimum absolute atomic E-state index is 0.0459. The molecule has 2 rings (SSSR count). The van der Waals surface area contributed by atoms with Crippen molar-refractivity contribution in [2.75, 3.05) is 13.2 Å². The average Bonchev–Trinajstić information content (AvgIpc) is 2.55. The van der Waals surface area contributed by atoms with Crippen LogP contribution in [-0.2, 0) is 4.79 Å². The van der Waals surface area contributed by atoms with Crippen LogP contribution in [0.4, 0.5) is 0 Å². The van der Waals surface area contributed by atoms with Gasteiger partial charge >= 0.3 is 0 Å². The molecule has 0 radical (unpaired) electrons. The molecule has 0 fully saturated rings. The number of rotatable bonds is 7. The van der Waals surface area contributed by atoms with Crippen molar-refractivity contribution in [1.29, 1.82) is 0 Å². The van der Waals surface area contributed by atoms with Gasteiger partial charge in [0.2, 0.25) is 0 Å². The van der Waals surface area contributed by atoms with Gasteiger partial charge in [-0.25, -0.2) is 0 Å². The topological polar surface area (TPSA) is 47.6 Å². The molecule has 4 nitrogen and oxygen atoms in total. The zero-order valence-corrected chi connectivity index (χ0v) is 14.9. The van der Waals surface area contributed by atoms with Crippen molar-refractivity contribution < 1.29 is 14.3 Å². The van der Waals surface area contributed by atoms with Crippen LogP contribution in [0.25, 0.3) is 0 Å². The number of hydrogen-bond acceptors (Lipinski definition) is 3. The van der Waals surface area contributed by atoms with E-state index in [1.807, 2.05) is 45.0 Å².